The molecule has 0 fully saturated rings. The van der Waals surface area contributed by atoms with Crippen LogP contribution in [0.5, 0.6) is 5.75 Å². The average Bonchev–Trinajstić information content (AvgIpc) is 2.38. The van der Waals surface area contributed by atoms with E-state index in [0.717, 1.165) is 10.0 Å². The molecule has 0 saturated heterocycles. The lowest BCUT2D eigenvalue weighted by Crippen LogP contribution is -1.97. The summed E-state index contributed by atoms with van der Waals surface area (Å²) in [5.41, 5.74) is 1.49. The summed E-state index contributed by atoms with van der Waals surface area (Å²) < 4.78 is 6.45. The van der Waals surface area contributed by atoms with Crippen molar-refractivity contribution in [1.82, 2.24) is 4.98 Å². The average molecular weight is 289 g/mol. The zero-order chi connectivity index (χ0) is 12.1. The Morgan fingerprint density at radius 3 is 2.94 bits per heavy atom. The molecule has 0 bridgehead atoms. The number of hydrogen-bond donors (Lipinski definition) is 0. The summed E-state index contributed by atoms with van der Waals surface area (Å²) in [4.78, 5) is 4.00. The zero-order valence-corrected chi connectivity index (χ0v) is 10.5. The lowest BCUT2D eigenvalue weighted by Gasteiger charge is -2.07. The van der Waals surface area contributed by atoms with Gasteiger partial charge in [-0.15, -0.1) is 0 Å². The molecule has 0 amide bonds. The molecular formula is C13H9BrN2O. The van der Waals surface area contributed by atoms with Crippen LogP contribution >= 0.6 is 15.9 Å². The minimum absolute atomic E-state index is 0.407. The summed E-state index contributed by atoms with van der Waals surface area (Å²) >= 11 is 3.32. The summed E-state index contributed by atoms with van der Waals surface area (Å²) in [6.45, 7) is 0.407. The van der Waals surface area contributed by atoms with Gasteiger partial charge in [-0.3, -0.25) is 4.98 Å². The Labute approximate surface area is 108 Å². The maximum absolute atomic E-state index is 8.98. The van der Waals surface area contributed by atoms with E-state index in [-0.39, 0.29) is 0 Å². The zero-order valence-electron chi connectivity index (χ0n) is 8.93. The highest BCUT2D eigenvalue weighted by atomic mass is 79.9. The van der Waals surface area contributed by atoms with E-state index in [0.29, 0.717) is 17.9 Å². The Kier molecular flexibility index (Phi) is 3.73. The van der Waals surface area contributed by atoms with Crippen LogP contribution in [-0.2, 0) is 6.61 Å². The Bertz CT molecular complexity index is 549. The van der Waals surface area contributed by atoms with Gasteiger partial charge in [0.1, 0.15) is 18.4 Å². The fourth-order valence-electron chi connectivity index (χ4n) is 1.36. The van der Waals surface area contributed by atoms with E-state index in [2.05, 4.69) is 27.0 Å². The Morgan fingerprint density at radius 2 is 2.24 bits per heavy atom. The normalized spacial score (nSPS) is 9.65. The molecule has 0 atom stereocenters. The van der Waals surface area contributed by atoms with Crippen LogP contribution in [0, 0.1) is 11.3 Å². The first kappa shape index (κ1) is 11.6. The summed E-state index contributed by atoms with van der Waals surface area (Å²) in [6, 6.07) is 11.2. The first-order valence-electron chi connectivity index (χ1n) is 5.01. The molecule has 0 N–H and O–H groups in total. The molecule has 17 heavy (non-hydrogen) atoms. The molecule has 0 aliphatic carbocycles. The predicted octanol–water partition coefficient (Wildman–Crippen LogP) is 3.29. The van der Waals surface area contributed by atoms with Crippen molar-refractivity contribution < 1.29 is 4.74 Å². The molecule has 0 aliphatic rings. The van der Waals surface area contributed by atoms with Gasteiger partial charge in [-0.05, 0) is 24.3 Å². The second-order valence-corrected chi connectivity index (χ2v) is 4.32. The largest absolute Gasteiger partial charge is 0.487 e. The molecule has 2 aromatic rings. The molecule has 0 aliphatic heterocycles. The van der Waals surface area contributed by atoms with Crippen molar-refractivity contribution in [2.24, 2.45) is 0 Å². The van der Waals surface area contributed by atoms with Gasteiger partial charge in [-0.25, -0.2) is 0 Å². The number of ether oxygens (including phenoxy) is 1. The highest BCUT2D eigenvalue weighted by Crippen LogP contribution is 2.23. The third kappa shape index (κ3) is 3.05. The summed E-state index contributed by atoms with van der Waals surface area (Å²) in [6.07, 6.45) is 3.45. The third-order valence-corrected chi connectivity index (χ3v) is 2.67. The second kappa shape index (κ2) is 5.46. The molecule has 1 aromatic heterocycles. The van der Waals surface area contributed by atoms with Crippen molar-refractivity contribution in [1.29, 1.82) is 5.26 Å². The number of hydrogen-bond acceptors (Lipinski definition) is 3. The van der Waals surface area contributed by atoms with Gasteiger partial charge in [-0.2, -0.15) is 5.26 Å². The Hall–Kier alpha value is -1.86. The molecule has 1 aromatic carbocycles. The summed E-state index contributed by atoms with van der Waals surface area (Å²) in [5, 5.41) is 8.98. The lowest BCUT2D eigenvalue weighted by molar-refractivity contribution is 0.305. The molecule has 0 unspecified atom stereocenters. The van der Waals surface area contributed by atoms with Gasteiger partial charge in [-0.1, -0.05) is 22.0 Å². The molecule has 0 spiro atoms. The van der Waals surface area contributed by atoms with E-state index in [4.69, 9.17) is 10.00 Å². The van der Waals surface area contributed by atoms with E-state index >= 15 is 0 Å². The fraction of sp³-hybridized carbons (Fsp3) is 0.0769. The van der Waals surface area contributed by atoms with Crippen LogP contribution in [0.4, 0.5) is 0 Å². The van der Waals surface area contributed by atoms with Crippen molar-refractivity contribution in [3.05, 3.63) is 58.3 Å². The molecule has 2 rings (SSSR count). The summed E-state index contributed by atoms with van der Waals surface area (Å²) in [5.74, 6) is 0.583. The number of halogens is 1. The van der Waals surface area contributed by atoms with Gasteiger partial charge in [0.05, 0.1) is 5.56 Å². The van der Waals surface area contributed by atoms with Crippen LogP contribution in [-0.4, -0.2) is 4.98 Å². The molecule has 3 nitrogen and oxygen atoms in total. The first-order valence-corrected chi connectivity index (χ1v) is 5.80. The van der Waals surface area contributed by atoms with Crippen LogP contribution < -0.4 is 4.74 Å². The maximum Gasteiger partial charge on any atom is 0.137 e. The molecular weight excluding hydrogens is 280 g/mol. The van der Waals surface area contributed by atoms with Crippen molar-refractivity contribution in [2.45, 2.75) is 6.61 Å². The number of benzene rings is 1. The highest BCUT2D eigenvalue weighted by Gasteiger charge is 2.04. The van der Waals surface area contributed by atoms with E-state index in [9.17, 15) is 0 Å². The molecule has 1 heterocycles. The van der Waals surface area contributed by atoms with Gasteiger partial charge >= 0.3 is 0 Å². The molecule has 0 radical (unpaired) electrons. The monoisotopic (exact) mass is 288 g/mol. The topological polar surface area (TPSA) is 45.9 Å². The van der Waals surface area contributed by atoms with Gasteiger partial charge in [0.2, 0.25) is 0 Å². The standard InChI is InChI=1S/C13H9BrN2O/c14-12-3-4-13(11(6-12)7-15)17-9-10-2-1-5-16-8-10/h1-6,8H,9H2. The number of nitriles is 1. The van der Waals surface area contributed by atoms with E-state index in [1.54, 1.807) is 24.5 Å². The quantitative estimate of drug-likeness (QED) is 0.871. The number of pyridine rings is 1. The van der Waals surface area contributed by atoms with E-state index in [1.807, 2.05) is 18.2 Å². The van der Waals surface area contributed by atoms with Crippen LogP contribution in [0.1, 0.15) is 11.1 Å². The highest BCUT2D eigenvalue weighted by molar-refractivity contribution is 9.10. The van der Waals surface area contributed by atoms with Crippen LogP contribution in [0.3, 0.4) is 0 Å². The minimum atomic E-state index is 0.407. The third-order valence-electron chi connectivity index (χ3n) is 2.18. The maximum atomic E-state index is 8.98. The molecule has 84 valence electrons. The molecule has 4 heteroatoms. The number of aromatic nitrogens is 1. The lowest BCUT2D eigenvalue weighted by atomic mass is 10.2. The van der Waals surface area contributed by atoms with Crippen LogP contribution in [0.15, 0.2) is 47.2 Å². The van der Waals surface area contributed by atoms with Gasteiger partial charge in [0.15, 0.2) is 0 Å². The van der Waals surface area contributed by atoms with E-state index < -0.39 is 0 Å². The Morgan fingerprint density at radius 1 is 1.35 bits per heavy atom. The van der Waals surface area contributed by atoms with Crippen molar-refractivity contribution >= 4 is 15.9 Å². The van der Waals surface area contributed by atoms with Crippen LogP contribution in [0.25, 0.3) is 0 Å². The fourth-order valence-corrected chi connectivity index (χ4v) is 1.72. The van der Waals surface area contributed by atoms with Crippen molar-refractivity contribution in [3.63, 3.8) is 0 Å². The van der Waals surface area contributed by atoms with Gasteiger partial charge in [0.25, 0.3) is 0 Å². The van der Waals surface area contributed by atoms with Crippen LogP contribution in [0.2, 0.25) is 0 Å². The summed E-state index contributed by atoms with van der Waals surface area (Å²) in [7, 11) is 0. The number of nitrogens with zero attached hydrogens (tertiary/aromatic N) is 2. The minimum Gasteiger partial charge on any atom is -0.487 e. The van der Waals surface area contributed by atoms with Gasteiger partial charge < -0.3 is 4.74 Å². The second-order valence-electron chi connectivity index (χ2n) is 3.40. The first-order chi connectivity index (χ1) is 8.29. The van der Waals surface area contributed by atoms with Gasteiger partial charge in [0, 0.05) is 22.4 Å². The Balaban J connectivity index is 2.12. The predicted molar refractivity (Wildman–Crippen MR) is 67.4 cm³/mol. The van der Waals surface area contributed by atoms with Crippen molar-refractivity contribution in [3.8, 4) is 11.8 Å². The molecule has 0 saturated carbocycles. The van der Waals surface area contributed by atoms with E-state index in [1.165, 1.54) is 0 Å². The van der Waals surface area contributed by atoms with Crippen molar-refractivity contribution in [2.75, 3.05) is 0 Å². The smallest absolute Gasteiger partial charge is 0.137 e. The number of rotatable bonds is 3. The SMILES string of the molecule is N#Cc1cc(Br)ccc1OCc1cccnc1.